The number of hydrogen-bond acceptors (Lipinski definition) is 3. The third-order valence-corrected chi connectivity index (χ3v) is 3.20. The molecule has 1 aromatic carbocycles. The molecule has 1 atom stereocenters. The van der Waals surface area contributed by atoms with Crippen molar-refractivity contribution < 1.29 is 9.53 Å². The molecule has 1 unspecified atom stereocenters. The smallest absolute Gasteiger partial charge is 0.224 e. The molecule has 4 nitrogen and oxygen atoms in total. The molecule has 1 amide bonds. The molecule has 0 spiro atoms. The maximum absolute atomic E-state index is 11.5. The molecule has 0 aliphatic carbocycles. The molecule has 0 saturated carbocycles. The Morgan fingerprint density at radius 2 is 2.05 bits per heavy atom. The van der Waals surface area contributed by atoms with Crippen molar-refractivity contribution in [3.8, 4) is 0 Å². The van der Waals surface area contributed by atoms with Crippen molar-refractivity contribution in [1.29, 1.82) is 0 Å². The van der Waals surface area contributed by atoms with Crippen LogP contribution in [-0.4, -0.2) is 25.2 Å². The van der Waals surface area contributed by atoms with Crippen LogP contribution in [0, 0.1) is 0 Å². The van der Waals surface area contributed by atoms with Gasteiger partial charge in [-0.05, 0) is 43.5 Å². The minimum Gasteiger partial charge on any atom is -0.382 e. The maximum Gasteiger partial charge on any atom is 0.224 e. The van der Waals surface area contributed by atoms with Gasteiger partial charge in [-0.15, -0.1) is 0 Å². The van der Waals surface area contributed by atoms with Gasteiger partial charge in [-0.3, -0.25) is 4.79 Å². The molecule has 0 radical (unpaired) electrons. The van der Waals surface area contributed by atoms with Crippen LogP contribution < -0.4 is 10.6 Å². The predicted molar refractivity (Wildman–Crippen MR) is 77.4 cm³/mol. The lowest BCUT2D eigenvalue weighted by Gasteiger charge is -2.12. The molecule has 19 heavy (non-hydrogen) atoms. The van der Waals surface area contributed by atoms with Gasteiger partial charge in [-0.1, -0.05) is 6.92 Å². The Bertz CT molecular complexity index is 397. The van der Waals surface area contributed by atoms with Gasteiger partial charge in [0.2, 0.25) is 5.91 Å². The van der Waals surface area contributed by atoms with E-state index in [9.17, 15) is 4.79 Å². The molecule has 0 bridgehead atoms. The molecule has 0 aromatic heterocycles. The van der Waals surface area contributed by atoms with Crippen LogP contribution in [-0.2, 0) is 9.53 Å². The van der Waals surface area contributed by atoms with E-state index < -0.39 is 0 Å². The number of carbonyl (C=O) groups is 1. The molecule has 104 valence electrons. The molecule has 2 rings (SSSR count). The first-order chi connectivity index (χ1) is 9.28. The van der Waals surface area contributed by atoms with Crippen molar-refractivity contribution in [2.45, 2.75) is 38.7 Å². The summed E-state index contributed by atoms with van der Waals surface area (Å²) in [5.41, 5.74) is 1.91. The summed E-state index contributed by atoms with van der Waals surface area (Å²) in [7, 11) is 0. The molecular formula is C15H22N2O2. The first-order valence-electron chi connectivity index (χ1n) is 7.03. The minimum absolute atomic E-state index is 0.0718. The first-order valence-corrected chi connectivity index (χ1v) is 7.03. The molecule has 1 aliphatic heterocycles. The molecule has 1 saturated heterocycles. The van der Waals surface area contributed by atoms with Crippen molar-refractivity contribution in [2.75, 3.05) is 23.8 Å². The predicted octanol–water partition coefficient (Wildman–Crippen LogP) is 3.02. The average Bonchev–Trinajstić information content (AvgIpc) is 2.91. The zero-order chi connectivity index (χ0) is 13.5. The summed E-state index contributed by atoms with van der Waals surface area (Å²) in [4.78, 5) is 11.5. The van der Waals surface area contributed by atoms with Gasteiger partial charge in [0.25, 0.3) is 0 Å². The van der Waals surface area contributed by atoms with Crippen molar-refractivity contribution in [3.63, 3.8) is 0 Å². The van der Waals surface area contributed by atoms with E-state index in [4.69, 9.17) is 4.74 Å². The Hall–Kier alpha value is -1.55. The molecule has 1 heterocycles. The van der Waals surface area contributed by atoms with E-state index in [0.29, 0.717) is 12.5 Å². The van der Waals surface area contributed by atoms with Crippen molar-refractivity contribution in [1.82, 2.24) is 0 Å². The standard InChI is InChI=1S/C15H22N2O2/c1-2-4-15(18)17-13-8-6-12(7-9-13)16-11-14-5-3-10-19-14/h6-9,14,16H,2-5,10-11H2,1H3,(H,17,18). The zero-order valence-corrected chi connectivity index (χ0v) is 11.4. The molecular weight excluding hydrogens is 240 g/mol. The summed E-state index contributed by atoms with van der Waals surface area (Å²) in [5.74, 6) is 0.0718. The summed E-state index contributed by atoms with van der Waals surface area (Å²) < 4.78 is 5.56. The topological polar surface area (TPSA) is 50.4 Å². The molecule has 1 fully saturated rings. The van der Waals surface area contributed by atoms with Gasteiger partial charge >= 0.3 is 0 Å². The van der Waals surface area contributed by atoms with Crippen LogP contribution in [0.1, 0.15) is 32.6 Å². The van der Waals surface area contributed by atoms with E-state index in [0.717, 1.165) is 43.8 Å². The summed E-state index contributed by atoms with van der Waals surface area (Å²) in [6.45, 7) is 3.73. The average molecular weight is 262 g/mol. The number of benzene rings is 1. The Balaban J connectivity index is 1.78. The molecule has 2 N–H and O–H groups in total. The van der Waals surface area contributed by atoms with Crippen LogP contribution in [0.25, 0.3) is 0 Å². The van der Waals surface area contributed by atoms with Crippen LogP contribution in [0.4, 0.5) is 11.4 Å². The van der Waals surface area contributed by atoms with Gasteiger partial charge in [0.1, 0.15) is 0 Å². The largest absolute Gasteiger partial charge is 0.382 e. The van der Waals surface area contributed by atoms with Crippen LogP contribution in [0.5, 0.6) is 0 Å². The van der Waals surface area contributed by atoms with Crippen molar-refractivity contribution in [2.24, 2.45) is 0 Å². The molecule has 4 heteroatoms. The van der Waals surface area contributed by atoms with Gasteiger partial charge in [-0.25, -0.2) is 0 Å². The molecule has 1 aromatic rings. The van der Waals surface area contributed by atoms with Crippen LogP contribution >= 0.6 is 0 Å². The maximum atomic E-state index is 11.5. The summed E-state index contributed by atoms with van der Waals surface area (Å²) in [6, 6.07) is 7.81. The van der Waals surface area contributed by atoms with E-state index >= 15 is 0 Å². The number of ether oxygens (including phenoxy) is 1. The second-order valence-corrected chi connectivity index (χ2v) is 4.89. The highest BCUT2D eigenvalue weighted by molar-refractivity contribution is 5.90. The number of rotatable bonds is 6. The number of carbonyl (C=O) groups excluding carboxylic acids is 1. The van der Waals surface area contributed by atoms with E-state index in [2.05, 4.69) is 10.6 Å². The fourth-order valence-electron chi connectivity index (χ4n) is 2.16. The number of amides is 1. The number of nitrogens with one attached hydrogen (secondary N) is 2. The third-order valence-electron chi connectivity index (χ3n) is 3.20. The van der Waals surface area contributed by atoms with Crippen molar-refractivity contribution in [3.05, 3.63) is 24.3 Å². The highest BCUT2D eigenvalue weighted by Gasteiger charge is 2.14. The Kier molecular flexibility index (Phi) is 5.21. The second-order valence-electron chi connectivity index (χ2n) is 4.89. The zero-order valence-electron chi connectivity index (χ0n) is 11.4. The lowest BCUT2D eigenvalue weighted by atomic mass is 10.2. The van der Waals surface area contributed by atoms with Crippen molar-refractivity contribution >= 4 is 17.3 Å². The Labute approximate surface area is 114 Å². The lowest BCUT2D eigenvalue weighted by molar-refractivity contribution is -0.116. The Morgan fingerprint density at radius 3 is 2.68 bits per heavy atom. The van der Waals surface area contributed by atoms with E-state index in [1.54, 1.807) is 0 Å². The number of hydrogen-bond donors (Lipinski definition) is 2. The summed E-state index contributed by atoms with van der Waals surface area (Å²) >= 11 is 0. The van der Waals surface area contributed by atoms with E-state index in [-0.39, 0.29) is 5.91 Å². The second kappa shape index (κ2) is 7.14. The van der Waals surface area contributed by atoms with E-state index in [1.807, 2.05) is 31.2 Å². The van der Waals surface area contributed by atoms with Gasteiger partial charge < -0.3 is 15.4 Å². The highest BCUT2D eigenvalue weighted by Crippen LogP contribution is 2.16. The van der Waals surface area contributed by atoms with E-state index in [1.165, 1.54) is 0 Å². The van der Waals surface area contributed by atoms with Gasteiger partial charge in [0, 0.05) is 30.9 Å². The van der Waals surface area contributed by atoms with Crippen LogP contribution in [0.15, 0.2) is 24.3 Å². The number of anilines is 2. The van der Waals surface area contributed by atoms with Gasteiger partial charge in [-0.2, -0.15) is 0 Å². The van der Waals surface area contributed by atoms with Gasteiger partial charge in [0.05, 0.1) is 6.10 Å². The highest BCUT2D eigenvalue weighted by atomic mass is 16.5. The molecule has 1 aliphatic rings. The first kappa shape index (κ1) is 13.9. The third kappa shape index (κ3) is 4.56. The quantitative estimate of drug-likeness (QED) is 0.828. The normalized spacial score (nSPS) is 18.3. The minimum atomic E-state index is 0.0718. The lowest BCUT2D eigenvalue weighted by Crippen LogP contribution is -2.18. The van der Waals surface area contributed by atoms with Crippen LogP contribution in [0.2, 0.25) is 0 Å². The fraction of sp³-hybridized carbons (Fsp3) is 0.533. The van der Waals surface area contributed by atoms with Crippen LogP contribution in [0.3, 0.4) is 0 Å². The van der Waals surface area contributed by atoms with Gasteiger partial charge in [0.15, 0.2) is 0 Å². The summed E-state index contributed by atoms with van der Waals surface area (Å²) in [6.07, 6.45) is 4.07. The fourth-order valence-corrected chi connectivity index (χ4v) is 2.16. The Morgan fingerprint density at radius 1 is 1.32 bits per heavy atom. The SMILES string of the molecule is CCCC(=O)Nc1ccc(NCC2CCCO2)cc1. The monoisotopic (exact) mass is 262 g/mol. The summed E-state index contributed by atoms with van der Waals surface area (Å²) in [5, 5.41) is 6.23.